The molecule has 4 nitrogen and oxygen atoms in total. The van der Waals surface area contributed by atoms with Crippen molar-refractivity contribution in [3.8, 4) is 0 Å². The minimum atomic E-state index is -3.61. The number of nitrogens with two attached hydrogens (primary N) is 1. The van der Waals surface area contributed by atoms with Gasteiger partial charge in [-0.1, -0.05) is 13.8 Å². The van der Waals surface area contributed by atoms with Crippen LogP contribution < -0.4 is 5.73 Å². The maximum Gasteiger partial charge on any atom is 0.243 e. The van der Waals surface area contributed by atoms with Gasteiger partial charge in [-0.15, -0.1) is 0 Å². The summed E-state index contributed by atoms with van der Waals surface area (Å²) in [5.41, 5.74) is 5.71. The predicted molar refractivity (Wildman–Crippen MR) is 74.9 cm³/mol. The number of nitrogen functional groups attached to an aromatic ring is 1. The molecule has 0 amide bonds. The van der Waals surface area contributed by atoms with E-state index in [4.69, 9.17) is 5.73 Å². The average molecular weight is 288 g/mol. The summed E-state index contributed by atoms with van der Waals surface area (Å²) in [5, 5.41) is 0. The summed E-state index contributed by atoms with van der Waals surface area (Å²) < 4.78 is 39.8. The zero-order valence-electron chi connectivity index (χ0n) is 11.6. The number of anilines is 1. The molecule has 1 aromatic rings. The first-order chi connectivity index (χ1) is 8.84. The van der Waals surface area contributed by atoms with Crippen molar-refractivity contribution < 1.29 is 12.8 Å². The summed E-state index contributed by atoms with van der Waals surface area (Å²) in [6, 6.07) is 2.37. The van der Waals surface area contributed by atoms with Gasteiger partial charge in [-0.05, 0) is 37.5 Å². The molecule has 2 N–H and O–H groups in total. The van der Waals surface area contributed by atoms with E-state index in [2.05, 4.69) is 0 Å². The summed E-state index contributed by atoms with van der Waals surface area (Å²) in [6.07, 6.45) is 1.46. The van der Waals surface area contributed by atoms with Crippen molar-refractivity contribution in [2.75, 3.05) is 18.8 Å². The van der Waals surface area contributed by atoms with E-state index in [-0.39, 0.29) is 10.6 Å². The third kappa shape index (κ3) is 3.45. The summed E-state index contributed by atoms with van der Waals surface area (Å²) in [4.78, 5) is 0.0910. The Morgan fingerprint density at radius 2 is 1.74 bits per heavy atom. The van der Waals surface area contributed by atoms with Crippen molar-refractivity contribution in [3.05, 3.63) is 23.5 Å². The molecular formula is C13H21FN2O2S. The molecule has 108 valence electrons. The molecule has 0 aromatic heterocycles. The smallest absolute Gasteiger partial charge is 0.243 e. The molecule has 0 saturated carbocycles. The third-order valence-electron chi connectivity index (χ3n) is 2.86. The first kappa shape index (κ1) is 15.9. The highest BCUT2D eigenvalue weighted by Gasteiger charge is 2.25. The Balaban J connectivity index is 3.28. The van der Waals surface area contributed by atoms with Gasteiger partial charge in [0, 0.05) is 13.1 Å². The van der Waals surface area contributed by atoms with Crippen LogP contribution in [0.4, 0.5) is 10.1 Å². The molecule has 0 fully saturated rings. The van der Waals surface area contributed by atoms with Gasteiger partial charge in [-0.2, -0.15) is 4.31 Å². The first-order valence-corrected chi connectivity index (χ1v) is 7.84. The molecule has 0 aliphatic rings. The van der Waals surface area contributed by atoms with Gasteiger partial charge < -0.3 is 5.73 Å². The van der Waals surface area contributed by atoms with Gasteiger partial charge in [0.2, 0.25) is 10.0 Å². The van der Waals surface area contributed by atoms with E-state index >= 15 is 0 Å². The van der Waals surface area contributed by atoms with Crippen LogP contribution in [0, 0.1) is 12.7 Å². The zero-order valence-corrected chi connectivity index (χ0v) is 12.4. The van der Waals surface area contributed by atoms with E-state index in [1.165, 1.54) is 10.4 Å². The van der Waals surface area contributed by atoms with Crippen LogP contribution in [0.15, 0.2) is 17.0 Å². The van der Waals surface area contributed by atoms with E-state index in [1.54, 1.807) is 6.92 Å². The Kier molecular flexibility index (Phi) is 5.31. The second-order valence-corrected chi connectivity index (χ2v) is 6.45. The van der Waals surface area contributed by atoms with E-state index in [0.717, 1.165) is 18.9 Å². The topological polar surface area (TPSA) is 63.4 Å². The van der Waals surface area contributed by atoms with Crippen molar-refractivity contribution in [1.29, 1.82) is 0 Å². The van der Waals surface area contributed by atoms with E-state index in [0.29, 0.717) is 18.7 Å². The number of aryl methyl sites for hydroxylation is 1. The van der Waals surface area contributed by atoms with Crippen LogP contribution in [0.1, 0.15) is 32.3 Å². The fourth-order valence-electron chi connectivity index (χ4n) is 1.94. The Labute approximate surface area is 114 Å². The SMILES string of the molecule is CCCN(CCC)S(=O)(=O)c1cc(N)c(F)cc1C. The quantitative estimate of drug-likeness (QED) is 0.818. The van der Waals surface area contributed by atoms with Crippen LogP contribution >= 0.6 is 0 Å². The molecule has 1 aromatic carbocycles. The minimum Gasteiger partial charge on any atom is -0.396 e. The Morgan fingerprint density at radius 1 is 1.21 bits per heavy atom. The lowest BCUT2D eigenvalue weighted by Gasteiger charge is -2.22. The fraction of sp³-hybridized carbons (Fsp3) is 0.538. The molecule has 0 spiro atoms. The van der Waals surface area contributed by atoms with Crippen molar-refractivity contribution in [1.82, 2.24) is 4.31 Å². The summed E-state index contributed by atoms with van der Waals surface area (Å²) >= 11 is 0. The van der Waals surface area contributed by atoms with Gasteiger partial charge in [0.05, 0.1) is 10.6 Å². The second-order valence-electron chi connectivity index (χ2n) is 4.54. The molecule has 19 heavy (non-hydrogen) atoms. The lowest BCUT2D eigenvalue weighted by molar-refractivity contribution is 0.409. The van der Waals surface area contributed by atoms with Gasteiger partial charge >= 0.3 is 0 Å². The lowest BCUT2D eigenvalue weighted by Crippen LogP contribution is -2.33. The first-order valence-electron chi connectivity index (χ1n) is 6.40. The molecule has 0 radical (unpaired) electrons. The van der Waals surface area contributed by atoms with Crippen LogP contribution in [0.3, 0.4) is 0 Å². The number of rotatable bonds is 6. The monoisotopic (exact) mass is 288 g/mol. The van der Waals surface area contributed by atoms with Crippen LogP contribution in [-0.4, -0.2) is 25.8 Å². The van der Waals surface area contributed by atoms with Crippen molar-refractivity contribution in [2.45, 2.75) is 38.5 Å². The molecule has 0 saturated heterocycles. The van der Waals surface area contributed by atoms with Gasteiger partial charge in [0.15, 0.2) is 0 Å². The molecule has 0 bridgehead atoms. The highest BCUT2D eigenvalue weighted by Crippen LogP contribution is 2.24. The van der Waals surface area contributed by atoms with Gasteiger partial charge in [0.25, 0.3) is 0 Å². The highest BCUT2D eigenvalue weighted by molar-refractivity contribution is 7.89. The molecule has 0 aliphatic carbocycles. The average Bonchev–Trinajstić information content (AvgIpc) is 2.33. The molecule has 0 aliphatic heterocycles. The number of hydrogen-bond acceptors (Lipinski definition) is 3. The van der Waals surface area contributed by atoms with Crippen molar-refractivity contribution >= 4 is 15.7 Å². The Morgan fingerprint density at radius 3 is 2.21 bits per heavy atom. The maximum atomic E-state index is 13.3. The van der Waals surface area contributed by atoms with Crippen molar-refractivity contribution in [3.63, 3.8) is 0 Å². The molecule has 0 atom stereocenters. The number of hydrogen-bond donors (Lipinski definition) is 1. The molecule has 0 unspecified atom stereocenters. The van der Waals surface area contributed by atoms with E-state index in [1.807, 2.05) is 13.8 Å². The zero-order chi connectivity index (χ0) is 14.6. The number of sulfonamides is 1. The minimum absolute atomic E-state index is 0.0910. The van der Waals surface area contributed by atoms with E-state index in [9.17, 15) is 12.8 Å². The predicted octanol–water partition coefficient (Wildman–Crippen LogP) is 2.53. The summed E-state index contributed by atoms with van der Waals surface area (Å²) in [5.74, 6) is -0.589. The van der Waals surface area contributed by atoms with Gasteiger partial charge in [-0.25, -0.2) is 12.8 Å². The fourth-order valence-corrected chi connectivity index (χ4v) is 3.80. The highest BCUT2D eigenvalue weighted by atomic mass is 32.2. The Hall–Kier alpha value is -1.14. The lowest BCUT2D eigenvalue weighted by atomic mass is 10.2. The third-order valence-corrected chi connectivity index (χ3v) is 4.90. The summed E-state index contributed by atoms with van der Waals surface area (Å²) in [6.45, 7) is 6.32. The normalized spacial score (nSPS) is 12.1. The standard InChI is InChI=1S/C13H21FN2O2S/c1-4-6-16(7-5-2)19(17,18)13-9-12(15)11(14)8-10(13)3/h8-9H,4-7,15H2,1-3H3. The number of halogens is 1. The summed E-state index contributed by atoms with van der Waals surface area (Å²) in [7, 11) is -3.61. The maximum absolute atomic E-state index is 13.3. The van der Waals surface area contributed by atoms with Crippen LogP contribution in [-0.2, 0) is 10.0 Å². The molecule has 0 heterocycles. The second kappa shape index (κ2) is 6.34. The van der Waals surface area contributed by atoms with E-state index < -0.39 is 15.8 Å². The molecular weight excluding hydrogens is 267 g/mol. The van der Waals surface area contributed by atoms with Crippen molar-refractivity contribution in [2.24, 2.45) is 0 Å². The number of benzene rings is 1. The van der Waals surface area contributed by atoms with Gasteiger partial charge in [0.1, 0.15) is 5.82 Å². The largest absolute Gasteiger partial charge is 0.396 e. The van der Waals surface area contributed by atoms with Gasteiger partial charge in [-0.3, -0.25) is 0 Å². The van der Waals surface area contributed by atoms with Crippen LogP contribution in [0.2, 0.25) is 0 Å². The Bertz CT molecular complexity index is 538. The molecule has 6 heteroatoms. The van der Waals surface area contributed by atoms with Crippen LogP contribution in [0.5, 0.6) is 0 Å². The van der Waals surface area contributed by atoms with Crippen LogP contribution in [0.25, 0.3) is 0 Å². The number of nitrogens with zero attached hydrogens (tertiary/aromatic N) is 1. The molecule has 1 rings (SSSR count).